The number of hydrogen-bond donors (Lipinski definition) is 4. The summed E-state index contributed by atoms with van der Waals surface area (Å²) < 4.78 is 10.6. The maximum absolute atomic E-state index is 11.5. The van der Waals surface area contributed by atoms with Crippen molar-refractivity contribution in [3.8, 4) is 11.5 Å². The van der Waals surface area contributed by atoms with E-state index in [1.807, 2.05) is 0 Å². The first-order valence-corrected chi connectivity index (χ1v) is 8.47. The smallest absolute Gasteiger partial charge is 0.414 e. The maximum atomic E-state index is 11.5. The summed E-state index contributed by atoms with van der Waals surface area (Å²) in [4.78, 5) is 33.4. The number of carbonyl (C=O) groups is 3. The second-order valence-corrected chi connectivity index (χ2v) is 6.34. The van der Waals surface area contributed by atoms with Gasteiger partial charge in [0.25, 0.3) is 5.91 Å². The zero-order valence-electron chi connectivity index (χ0n) is 14.8. The number of anilines is 1. The lowest BCUT2D eigenvalue weighted by Crippen LogP contribution is -2.32. The third-order valence-electron chi connectivity index (χ3n) is 4.22. The first-order chi connectivity index (χ1) is 13.3. The zero-order chi connectivity index (χ0) is 20.3. The Morgan fingerprint density at radius 2 is 1.86 bits per heavy atom. The van der Waals surface area contributed by atoms with Crippen LogP contribution < -0.4 is 21.5 Å². The van der Waals surface area contributed by atoms with Crippen molar-refractivity contribution < 1.29 is 29.0 Å². The Morgan fingerprint density at radius 3 is 2.43 bits per heavy atom. The fourth-order valence-electron chi connectivity index (χ4n) is 2.72. The van der Waals surface area contributed by atoms with Gasteiger partial charge in [0.1, 0.15) is 17.5 Å². The molecule has 2 unspecified atom stereocenters. The van der Waals surface area contributed by atoms with Gasteiger partial charge in [0.05, 0.1) is 0 Å². The molecule has 28 heavy (non-hydrogen) atoms. The van der Waals surface area contributed by atoms with Gasteiger partial charge in [-0.25, -0.2) is 4.79 Å². The number of aliphatic carboxylic acids is 1. The summed E-state index contributed by atoms with van der Waals surface area (Å²) in [5, 5.41) is 11.0. The summed E-state index contributed by atoms with van der Waals surface area (Å²) in [7, 11) is 0. The molecule has 0 radical (unpaired) electrons. The number of nitrogens with one attached hydrogen (secondary N) is 1. The molecule has 0 bridgehead atoms. The van der Waals surface area contributed by atoms with E-state index in [4.69, 9.17) is 26.0 Å². The van der Waals surface area contributed by atoms with Crippen molar-refractivity contribution in [1.29, 1.82) is 0 Å². The molecule has 1 fully saturated rings. The molecule has 6 N–H and O–H groups in total. The van der Waals surface area contributed by atoms with Crippen molar-refractivity contribution in [2.24, 2.45) is 5.73 Å². The molecule has 1 aliphatic heterocycles. The van der Waals surface area contributed by atoms with Crippen LogP contribution in [0.15, 0.2) is 42.5 Å². The molecule has 9 nitrogen and oxygen atoms in total. The number of nitrogens with two attached hydrogens (primary N) is 2. The van der Waals surface area contributed by atoms with Crippen molar-refractivity contribution in [3.63, 3.8) is 0 Å². The molecule has 2 amide bonds. The van der Waals surface area contributed by atoms with Gasteiger partial charge in [-0.1, -0.05) is 18.2 Å². The van der Waals surface area contributed by atoms with Crippen LogP contribution in [0.2, 0.25) is 0 Å². The molecule has 0 aromatic heterocycles. The predicted octanol–water partition coefficient (Wildman–Crippen LogP) is 1.19. The topological polar surface area (TPSA) is 154 Å². The molecule has 1 heterocycles. The van der Waals surface area contributed by atoms with Crippen LogP contribution in [0, 0.1) is 0 Å². The van der Waals surface area contributed by atoms with Crippen LogP contribution in [0.1, 0.15) is 11.1 Å². The molecular weight excluding hydrogens is 366 g/mol. The van der Waals surface area contributed by atoms with E-state index in [-0.39, 0.29) is 12.8 Å². The molecule has 0 spiro atoms. The highest BCUT2D eigenvalue weighted by Crippen LogP contribution is 2.26. The third kappa shape index (κ3) is 4.57. The highest BCUT2D eigenvalue weighted by molar-refractivity contribution is 6.00. The average molecular weight is 385 g/mol. The number of alkyl carbamates (subject to hydrolysis) is 1. The van der Waals surface area contributed by atoms with E-state index in [0.29, 0.717) is 22.7 Å². The normalized spacial score (nSPS) is 17.0. The molecule has 1 aliphatic rings. The zero-order valence-corrected chi connectivity index (χ0v) is 14.8. The summed E-state index contributed by atoms with van der Waals surface area (Å²) in [6, 6.07) is 10.9. The van der Waals surface area contributed by atoms with Crippen LogP contribution in [0.3, 0.4) is 0 Å². The van der Waals surface area contributed by atoms with E-state index < -0.39 is 30.1 Å². The van der Waals surface area contributed by atoms with Gasteiger partial charge >= 0.3 is 12.1 Å². The summed E-state index contributed by atoms with van der Waals surface area (Å²) >= 11 is 0. The van der Waals surface area contributed by atoms with Gasteiger partial charge in [-0.2, -0.15) is 0 Å². The Kier molecular flexibility index (Phi) is 5.46. The summed E-state index contributed by atoms with van der Waals surface area (Å²) in [5.41, 5.74) is 13.3. The molecular formula is C19H19N3O6. The van der Waals surface area contributed by atoms with Crippen molar-refractivity contribution in [2.45, 2.75) is 25.0 Å². The molecule has 2 aromatic carbocycles. The minimum atomic E-state index is -1.09. The SMILES string of the molecule is Nc1cc(Oc2ccc(CC3OC(=O)NC3=O)cc2)ccc1CC(N)C(=O)O. The van der Waals surface area contributed by atoms with Crippen molar-refractivity contribution in [3.05, 3.63) is 53.6 Å². The first kappa shape index (κ1) is 19.2. The van der Waals surface area contributed by atoms with Gasteiger partial charge in [0.2, 0.25) is 0 Å². The Hall–Kier alpha value is -3.59. The molecule has 0 saturated carbocycles. The Bertz CT molecular complexity index is 912. The lowest BCUT2D eigenvalue weighted by Gasteiger charge is -2.12. The second kappa shape index (κ2) is 7.97. The Morgan fingerprint density at radius 1 is 1.18 bits per heavy atom. The number of rotatable bonds is 7. The number of carboxylic acid groups (broad SMARTS) is 1. The van der Waals surface area contributed by atoms with Crippen molar-refractivity contribution in [2.75, 3.05) is 5.73 Å². The lowest BCUT2D eigenvalue weighted by atomic mass is 10.0. The van der Waals surface area contributed by atoms with E-state index in [0.717, 1.165) is 5.56 Å². The van der Waals surface area contributed by atoms with E-state index >= 15 is 0 Å². The van der Waals surface area contributed by atoms with E-state index in [9.17, 15) is 14.4 Å². The third-order valence-corrected chi connectivity index (χ3v) is 4.22. The highest BCUT2D eigenvalue weighted by Gasteiger charge is 2.32. The minimum Gasteiger partial charge on any atom is -0.480 e. The first-order valence-electron chi connectivity index (χ1n) is 8.47. The molecule has 1 saturated heterocycles. The minimum absolute atomic E-state index is 0.120. The van der Waals surface area contributed by atoms with Crippen LogP contribution in [-0.2, 0) is 27.2 Å². The van der Waals surface area contributed by atoms with Gasteiger partial charge in [0.15, 0.2) is 6.10 Å². The van der Waals surface area contributed by atoms with E-state index in [2.05, 4.69) is 5.32 Å². The monoisotopic (exact) mass is 385 g/mol. The fourth-order valence-corrected chi connectivity index (χ4v) is 2.72. The van der Waals surface area contributed by atoms with Crippen LogP contribution in [0.5, 0.6) is 11.5 Å². The van der Waals surface area contributed by atoms with Gasteiger partial charge in [-0.05, 0) is 29.3 Å². The van der Waals surface area contributed by atoms with Crippen molar-refractivity contribution in [1.82, 2.24) is 5.32 Å². The number of ether oxygens (including phenoxy) is 2. The molecule has 3 rings (SSSR count). The number of hydrogen-bond acceptors (Lipinski definition) is 7. The Labute approximate surface area is 160 Å². The van der Waals surface area contributed by atoms with Gasteiger partial charge in [-0.15, -0.1) is 0 Å². The molecule has 2 atom stereocenters. The van der Waals surface area contributed by atoms with E-state index in [1.165, 1.54) is 0 Å². The largest absolute Gasteiger partial charge is 0.480 e. The number of cyclic esters (lactones) is 1. The van der Waals surface area contributed by atoms with Crippen LogP contribution in [-0.4, -0.2) is 35.2 Å². The number of carboxylic acids is 1. The van der Waals surface area contributed by atoms with E-state index in [1.54, 1.807) is 42.5 Å². The summed E-state index contributed by atoms with van der Waals surface area (Å²) in [6.07, 6.45) is -1.18. The van der Waals surface area contributed by atoms with Crippen LogP contribution in [0.25, 0.3) is 0 Å². The van der Waals surface area contributed by atoms with Crippen LogP contribution >= 0.6 is 0 Å². The molecule has 146 valence electrons. The number of imide groups is 1. The van der Waals surface area contributed by atoms with Gasteiger partial charge in [-0.3, -0.25) is 14.9 Å². The highest BCUT2D eigenvalue weighted by atomic mass is 16.6. The standard InChI is InChI=1S/C19H19N3O6/c20-14-9-13(6-3-11(14)8-15(21)18(24)25)27-12-4-1-10(2-5-12)7-16-17(23)22-19(26)28-16/h1-6,9,15-16H,7-8,20-21H2,(H,24,25)(H,22,23,26). The fraction of sp³-hybridized carbons (Fsp3) is 0.211. The second-order valence-electron chi connectivity index (χ2n) is 6.34. The molecule has 2 aromatic rings. The molecule has 9 heteroatoms. The van der Waals surface area contributed by atoms with Gasteiger partial charge in [0, 0.05) is 24.6 Å². The lowest BCUT2D eigenvalue weighted by molar-refractivity contribution is -0.138. The summed E-state index contributed by atoms with van der Waals surface area (Å²) in [5.74, 6) is -0.513. The summed E-state index contributed by atoms with van der Waals surface area (Å²) in [6.45, 7) is 0. The quantitative estimate of drug-likeness (QED) is 0.518. The number of carbonyl (C=O) groups excluding carboxylic acids is 2. The predicted molar refractivity (Wildman–Crippen MR) is 98.8 cm³/mol. The number of nitrogen functional groups attached to an aromatic ring is 1. The number of benzene rings is 2. The maximum Gasteiger partial charge on any atom is 0.414 e. The number of amides is 2. The van der Waals surface area contributed by atoms with Crippen LogP contribution in [0.4, 0.5) is 10.5 Å². The average Bonchev–Trinajstić information content (AvgIpc) is 2.96. The Balaban J connectivity index is 1.62. The van der Waals surface area contributed by atoms with Gasteiger partial charge < -0.3 is 26.0 Å². The molecule has 0 aliphatic carbocycles. The van der Waals surface area contributed by atoms with Crippen molar-refractivity contribution >= 4 is 23.7 Å².